The smallest absolute Gasteiger partial charge is 0.160 e. The van der Waals surface area contributed by atoms with Crippen LogP contribution in [0.1, 0.15) is 0 Å². The molecule has 11 aromatic rings. The predicted molar refractivity (Wildman–Crippen MR) is 225 cm³/mol. The molecule has 0 N–H and O–H groups in total. The van der Waals surface area contributed by atoms with Gasteiger partial charge in [-0.2, -0.15) is 0 Å². The Morgan fingerprint density at radius 3 is 1.75 bits per heavy atom. The topological polar surface area (TPSA) is 16.4 Å². The molecule has 244 valence electrons. The molecule has 3 aromatic heterocycles. The highest BCUT2D eigenvalue weighted by Crippen LogP contribution is 2.50. The molecule has 0 aliphatic rings. The minimum absolute atomic E-state index is 0.899. The molecular weight excluding hydrogens is 671 g/mol. The summed E-state index contributed by atoms with van der Waals surface area (Å²) in [5.41, 5.74) is 9.86. The molecule has 4 heteroatoms. The summed E-state index contributed by atoms with van der Waals surface area (Å²) >= 11 is 3.71. The molecule has 0 saturated heterocycles. The van der Waals surface area contributed by atoms with Crippen LogP contribution in [0.15, 0.2) is 180 Å². The third-order valence-electron chi connectivity index (χ3n) is 10.3. The Morgan fingerprint density at radius 2 is 0.962 bits per heavy atom. The molecule has 0 aliphatic heterocycles. The number of rotatable bonds is 5. The fraction of sp³-hybridized carbons (Fsp3) is 0. The highest BCUT2D eigenvalue weighted by atomic mass is 32.1. The molecule has 8 aromatic carbocycles. The van der Waals surface area contributed by atoms with Gasteiger partial charge in [-0.05, 0) is 70.8 Å². The second-order valence-electron chi connectivity index (χ2n) is 13.3. The molecule has 3 heterocycles. The number of nitrogens with zero attached hydrogens (tertiary/aromatic N) is 1. The molecule has 0 radical (unpaired) electrons. The van der Waals surface area contributed by atoms with Crippen molar-refractivity contribution in [1.29, 1.82) is 0 Å². The lowest BCUT2D eigenvalue weighted by atomic mass is 10.0. The Hall–Kier alpha value is -6.20. The lowest BCUT2D eigenvalue weighted by Gasteiger charge is -2.26. The van der Waals surface area contributed by atoms with Gasteiger partial charge in [0.1, 0.15) is 5.58 Å². The van der Waals surface area contributed by atoms with E-state index in [1.165, 1.54) is 68.0 Å². The zero-order valence-electron chi connectivity index (χ0n) is 27.9. The number of para-hydroxylation sites is 1. The Bertz CT molecular complexity index is 3120. The summed E-state index contributed by atoms with van der Waals surface area (Å²) in [6.45, 7) is 0. The van der Waals surface area contributed by atoms with E-state index in [1.807, 2.05) is 22.7 Å². The number of thiophene rings is 2. The van der Waals surface area contributed by atoms with Gasteiger partial charge in [0.2, 0.25) is 0 Å². The monoisotopic (exact) mass is 699 g/mol. The third-order valence-corrected chi connectivity index (χ3v) is 12.6. The maximum Gasteiger partial charge on any atom is 0.160 e. The fourth-order valence-corrected chi connectivity index (χ4v) is 10.2. The van der Waals surface area contributed by atoms with Crippen molar-refractivity contribution in [2.75, 3.05) is 4.90 Å². The van der Waals surface area contributed by atoms with Crippen molar-refractivity contribution < 1.29 is 4.42 Å². The van der Waals surface area contributed by atoms with Crippen molar-refractivity contribution >= 4 is 102 Å². The van der Waals surface area contributed by atoms with Crippen molar-refractivity contribution in [3.8, 4) is 22.3 Å². The van der Waals surface area contributed by atoms with Gasteiger partial charge in [-0.15, -0.1) is 22.7 Å². The molecule has 0 aliphatic carbocycles. The lowest BCUT2D eigenvalue weighted by Crippen LogP contribution is -2.10. The van der Waals surface area contributed by atoms with Gasteiger partial charge in [-0.3, -0.25) is 0 Å². The number of furan rings is 1. The van der Waals surface area contributed by atoms with Crippen LogP contribution >= 0.6 is 22.7 Å². The van der Waals surface area contributed by atoms with Crippen LogP contribution in [0.5, 0.6) is 0 Å². The van der Waals surface area contributed by atoms with Crippen LogP contribution in [0.2, 0.25) is 0 Å². The number of fused-ring (bicyclic) bond motifs is 10. The van der Waals surface area contributed by atoms with E-state index in [2.05, 4.69) is 181 Å². The molecular formula is C48H29NOS2. The van der Waals surface area contributed by atoms with E-state index >= 15 is 0 Å². The quantitative estimate of drug-likeness (QED) is 0.178. The minimum atomic E-state index is 0.899. The van der Waals surface area contributed by atoms with Gasteiger partial charge in [0.15, 0.2) is 5.58 Å². The third kappa shape index (κ3) is 4.62. The summed E-state index contributed by atoms with van der Waals surface area (Å²) in [5.74, 6) is 0. The van der Waals surface area contributed by atoms with Crippen LogP contribution in [-0.4, -0.2) is 0 Å². The number of hydrogen-bond donors (Lipinski definition) is 0. The van der Waals surface area contributed by atoms with Crippen LogP contribution < -0.4 is 4.90 Å². The molecule has 0 amide bonds. The van der Waals surface area contributed by atoms with Crippen LogP contribution in [0.3, 0.4) is 0 Å². The Labute approximate surface area is 308 Å². The average molecular weight is 700 g/mol. The van der Waals surface area contributed by atoms with Gasteiger partial charge in [0.25, 0.3) is 0 Å². The van der Waals surface area contributed by atoms with Gasteiger partial charge in [0, 0.05) is 62.5 Å². The molecule has 0 spiro atoms. The van der Waals surface area contributed by atoms with Crippen LogP contribution in [0, 0.1) is 0 Å². The molecule has 0 unspecified atom stereocenters. The standard InChI is InChI=1S/C48H29NOS2/c1-3-11-30(12-4-1)32-19-22-34(23-20-32)49(35-24-26-38-37-25-21-33(31-13-5-2-6-14-31)27-44(37)51-45(38)28-35)41-29-40-36-15-8-10-18-43(36)52-48(40)46-39-16-7-9-17-42(39)50-47(41)46/h1-29H. The summed E-state index contributed by atoms with van der Waals surface area (Å²) in [6.07, 6.45) is 0. The zero-order valence-corrected chi connectivity index (χ0v) is 29.5. The van der Waals surface area contributed by atoms with E-state index in [-0.39, 0.29) is 0 Å². The van der Waals surface area contributed by atoms with E-state index in [0.29, 0.717) is 0 Å². The fourth-order valence-electron chi connectivity index (χ4n) is 7.79. The van der Waals surface area contributed by atoms with Crippen molar-refractivity contribution in [1.82, 2.24) is 0 Å². The maximum atomic E-state index is 6.86. The maximum absolute atomic E-state index is 6.86. The average Bonchev–Trinajstić information content (AvgIpc) is 3.90. The van der Waals surface area contributed by atoms with E-state index in [9.17, 15) is 0 Å². The predicted octanol–water partition coefficient (Wildman–Crippen LogP) is 15.1. The Balaban J connectivity index is 1.17. The molecule has 2 nitrogen and oxygen atoms in total. The summed E-state index contributed by atoms with van der Waals surface area (Å²) in [5, 5.41) is 7.39. The van der Waals surface area contributed by atoms with Crippen molar-refractivity contribution in [3.05, 3.63) is 176 Å². The molecule has 11 rings (SSSR count). The molecule has 0 fully saturated rings. The van der Waals surface area contributed by atoms with Gasteiger partial charge < -0.3 is 9.32 Å². The second kappa shape index (κ2) is 11.7. The van der Waals surface area contributed by atoms with E-state index < -0.39 is 0 Å². The largest absolute Gasteiger partial charge is 0.454 e. The van der Waals surface area contributed by atoms with Gasteiger partial charge >= 0.3 is 0 Å². The Kier molecular flexibility index (Phi) is 6.63. The second-order valence-corrected chi connectivity index (χ2v) is 15.4. The minimum Gasteiger partial charge on any atom is -0.454 e. The first-order valence-corrected chi connectivity index (χ1v) is 19.1. The first-order valence-electron chi connectivity index (χ1n) is 17.5. The summed E-state index contributed by atoms with van der Waals surface area (Å²) < 4.78 is 12.0. The summed E-state index contributed by atoms with van der Waals surface area (Å²) in [4.78, 5) is 2.39. The number of hydrogen-bond acceptors (Lipinski definition) is 4. The first-order chi connectivity index (χ1) is 25.8. The SMILES string of the molecule is c1ccc(-c2ccc(N(c3ccc4c(c3)sc3cc(-c5ccccc5)ccc34)c3cc4c5ccccc5sc4c4c3oc3ccccc34)cc2)cc1. The Morgan fingerprint density at radius 1 is 0.385 bits per heavy atom. The lowest BCUT2D eigenvalue weighted by molar-refractivity contribution is 0.669. The van der Waals surface area contributed by atoms with Crippen LogP contribution in [0.4, 0.5) is 17.1 Å². The molecule has 0 saturated carbocycles. The molecule has 0 atom stereocenters. The first kappa shape index (κ1) is 29.5. The molecule has 52 heavy (non-hydrogen) atoms. The number of benzene rings is 8. The van der Waals surface area contributed by atoms with Gasteiger partial charge in [-0.1, -0.05) is 127 Å². The zero-order chi connectivity index (χ0) is 34.2. The van der Waals surface area contributed by atoms with Gasteiger partial charge in [-0.25, -0.2) is 0 Å². The van der Waals surface area contributed by atoms with Crippen LogP contribution in [0.25, 0.3) is 84.5 Å². The van der Waals surface area contributed by atoms with Crippen LogP contribution in [-0.2, 0) is 0 Å². The molecule has 0 bridgehead atoms. The van der Waals surface area contributed by atoms with Crippen molar-refractivity contribution in [3.63, 3.8) is 0 Å². The van der Waals surface area contributed by atoms with Crippen molar-refractivity contribution in [2.24, 2.45) is 0 Å². The summed E-state index contributed by atoms with van der Waals surface area (Å²) in [7, 11) is 0. The van der Waals surface area contributed by atoms with E-state index in [1.54, 1.807) is 0 Å². The highest BCUT2D eigenvalue weighted by molar-refractivity contribution is 7.27. The van der Waals surface area contributed by atoms with Crippen molar-refractivity contribution in [2.45, 2.75) is 0 Å². The highest BCUT2D eigenvalue weighted by Gasteiger charge is 2.24. The summed E-state index contributed by atoms with van der Waals surface area (Å²) in [6, 6.07) is 63.5. The normalized spacial score (nSPS) is 11.8. The van der Waals surface area contributed by atoms with Gasteiger partial charge in [0.05, 0.1) is 5.69 Å². The van der Waals surface area contributed by atoms with E-state index in [0.717, 1.165) is 33.6 Å². The van der Waals surface area contributed by atoms with E-state index in [4.69, 9.17) is 4.42 Å². The number of anilines is 3.